The minimum absolute atomic E-state index is 0.143. The molecule has 0 atom stereocenters. The van der Waals surface area contributed by atoms with Crippen molar-refractivity contribution in [2.24, 2.45) is 0 Å². The number of aromatic nitrogens is 2. The fraction of sp³-hybridized carbons (Fsp3) is 0.167. The van der Waals surface area contributed by atoms with Crippen LogP contribution in [0, 0.1) is 0 Å². The van der Waals surface area contributed by atoms with Gasteiger partial charge in [-0.25, -0.2) is 4.98 Å². The Morgan fingerprint density at radius 2 is 2.18 bits per heavy atom. The van der Waals surface area contributed by atoms with E-state index in [1.165, 1.54) is 11.9 Å². The van der Waals surface area contributed by atoms with Crippen molar-refractivity contribution in [1.29, 1.82) is 0 Å². The van der Waals surface area contributed by atoms with E-state index in [-0.39, 0.29) is 10.6 Å². The molecule has 2 heterocycles. The number of nitrogens with zero attached hydrogens (tertiary/aromatic N) is 2. The monoisotopic (exact) mass is 247 g/mol. The third-order valence-corrected chi connectivity index (χ3v) is 3.26. The molecule has 0 radical (unpaired) electrons. The maximum Gasteiger partial charge on any atom is 0.271 e. The predicted octanol–water partition coefficient (Wildman–Crippen LogP) is 2.12. The van der Waals surface area contributed by atoms with Crippen LogP contribution in [-0.4, -0.2) is 16.5 Å². The number of hydrogen-bond acceptors (Lipinski definition) is 3. The summed E-state index contributed by atoms with van der Waals surface area (Å²) in [5, 5.41) is 0.143. The molecule has 0 bridgehead atoms. The first kappa shape index (κ1) is 10.4. The minimum atomic E-state index is -0.305. The first-order chi connectivity index (χ1) is 8.27. The third-order valence-electron chi connectivity index (χ3n) is 2.92. The Labute approximate surface area is 103 Å². The van der Waals surface area contributed by atoms with Crippen molar-refractivity contribution in [1.82, 2.24) is 9.97 Å². The van der Waals surface area contributed by atoms with Gasteiger partial charge in [0, 0.05) is 12.2 Å². The smallest absolute Gasteiger partial charge is 0.271 e. The zero-order valence-electron chi connectivity index (χ0n) is 8.98. The number of H-pyrrole nitrogens is 1. The Morgan fingerprint density at radius 3 is 3.06 bits per heavy atom. The fourth-order valence-corrected chi connectivity index (χ4v) is 2.33. The van der Waals surface area contributed by atoms with Crippen molar-refractivity contribution in [3.8, 4) is 0 Å². The summed E-state index contributed by atoms with van der Waals surface area (Å²) in [5.74, 6) is 0.528. The quantitative estimate of drug-likeness (QED) is 0.840. The molecule has 4 nitrogen and oxygen atoms in total. The van der Waals surface area contributed by atoms with Gasteiger partial charge in [0.2, 0.25) is 0 Å². The van der Waals surface area contributed by atoms with Crippen LogP contribution in [0.4, 0.5) is 11.5 Å². The molecule has 3 rings (SSSR count). The number of halogens is 1. The number of para-hydroxylation sites is 1. The van der Waals surface area contributed by atoms with E-state index in [1.54, 1.807) is 0 Å². The number of nitrogens with one attached hydrogen (secondary N) is 1. The highest BCUT2D eigenvalue weighted by molar-refractivity contribution is 6.32. The van der Waals surface area contributed by atoms with Crippen LogP contribution in [0.25, 0.3) is 0 Å². The van der Waals surface area contributed by atoms with Crippen LogP contribution in [0.15, 0.2) is 35.4 Å². The maximum atomic E-state index is 11.5. The second-order valence-electron chi connectivity index (χ2n) is 3.90. The molecule has 0 amide bonds. The highest BCUT2D eigenvalue weighted by atomic mass is 35.5. The van der Waals surface area contributed by atoms with Gasteiger partial charge in [-0.3, -0.25) is 4.79 Å². The maximum absolute atomic E-state index is 11.5. The summed E-state index contributed by atoms with van der Waals surface area (Å²) >= 11 is 5.99. The van der Waals surface area contributed by atoms with Crippen LogP contribution in [0.3, 0.4) is 0 Å². The van der Waals surface area contributed by atoms with E-state index in [0.29, 0.717) is 5.82 Å². The number of anilines is 2. The van der Waals surface area contributed by atoms with Crippen LogP contribution >= 0.6 is 11.6 Å². The highest BCUT2D eigenvalue weighted by Crippen LogP contribution is 2.34. The van der Waals surface area contributed by atoms with E-state index < -0.39 is 0 Å². The fourth-order valence-electron chi connectivity index (χ4n) is 2.12. The van der Waals surface area contributed by atoms with Gasteiger partial charge in [0.1, 0.15) is 5.02 Å². The van der Waals surface area contributed by atoms with Gasteiger partial charge < -0.3 is 9.88 Å². The van der Waals surface area contributed by atoms with Crippen molar-refractivity contribution < 1.29 is 0 Å². The lowest BCUT2D eigenvalue weighted by atomic mass is 10.2. The van der Waals surface area contributed by atoms with Gasteiger partial charge in [0.25, 0.3) is 5.56 Å². The number of benzene rings is 1. The lowest BCUT2D eigenvalue weighted by molar-refractivity contribution is 0.958. The lowest BCUT2D eigenvalue weighted by Gasteiger charge is -2.18. The molecule has 1 aromatic heterocycles. The zero-order valence-corrected chi connectivity index (χ0v) is 9.74. The molecular weight excluding hydrogens is 238 g/mol. The van der Waals surface area contributed by atoms with Gasteiger partial charge in [-0.05, 0) is 18.1 Å². The molecule has 86 valence electrons. The second kappa shape index (κ2) is 3.89. The van der Waals surface area contributed by atoms with Gasteiger partial charge in [-0.15, -0.1) is 0 Å². The Balaban J connectivity index is 2.13. The molecular formula is C12H10ClN3O. The molecule has 0 saturated carbocycles. The van der Waals surface area contributed by atoms with Gasteiger partial charge in [-0.2, -0.15) is 0 Å². The summed E-state index contributed by atoms with van der Waals surface area (Å²) in [7, 11) is 0. The lowest BCUT2D eigenvalue weighted by Crippen LogP contribution is -2.19. The van der Waals surface area contributed by atoms with E-state index in [9.17, 15) is 4.79 Å². The molecule has 0 fully saturated rings. The van der Waals surface area contributed by atoms with Crippen LogP contribution < -0.4 is 10.5 Å². The average molecular weight is 248 g/mol. The van der Waals surface area contributed by atoms with E-state index in [0.717, 1.165) is 18.7 Å². The normalized spacial score (nSPS) is 13.8. The van der Waals surface area contributed by atoms with Crippen LogP contribution in [0.1, 0.15) is 5.56 Å². The van der Waals surface area contributed by atoms with Crippen LogP contribution in [0.2, 0.25) is 5.02 Å². The van der Waals surface area contributed by atoms with Crippen molar-refractivity contribution in [3.63, 3.8) is 0 Å². The predicted molar refractivity (Wildman–Crippen MR) is 67.0 cm³/mol. The van der Waals surface area contributed by atoms with E-state index in [2.05, 4.69) is 16.0 Å². The number of aromatic amines is 1. The van der Waals surface area contributed by atoms with Crippen molar-refractivity contribution >= 4 is 23.1 Å². The summed E-state index contributed by atoms with van der Waals surface area (Å²) in [6.45, 7) is 0.801. The molecule has 1 aliphatic heterocycles. The van der Waals surface area contributed by atoms with Crippen molar-refractivity contribution in [3.05, 3.63) is 51.5 Å². The van der Waals surface area contributed by atoms with Gasteiger partial charge in [-0.1, -0.05) is 29.8 Å². The summed E-state index contributed by atoms with van der Waals surface area (Å²) in [5.41, 5.74) is 2.03. The molecule has 0 saturated heterocycles. The third kappa shape index (κ3) is 1.61. The topological polar surface area (TPSA) is 49.0 Å². The van der Waals surface area contributed by atoms with Gasteiger partial charge >= 0.3 is 0 Å². The first-order valence-electron chi connectivity index (χ1n) is 5.36. The Hall–Kier alpha value is -1.81. The average Bonchev–Trinajstić information content (AvgIpc) is 2.77. The number of hydrogen-bond donors (Lipinski definition) is 1. The molecule has 0 unspecified atom stereocenters. The molecule has 17 heavy (non-hydrogen) atoms. The first-order valence-corrected chi connectivity index (χ1v) is 5.74. The zero-order chi connectivity index (χ0) is 11.8. The van der Waals surface area contributed by atoms with Crippen molar-refractivity contribution in [2.45, 2.75) is 6.42 Å². The molecule has 1 aliphatic rings. The Morgan fingerprint density at radius 1 is 1.35 bits per heavy atom. The summed E-state index contributed by atoms with van der Waals surface area (Å²) in [4.78, 5) is 20.1. The number of rotatable bonds is 1. The van der Waals surface area contributed by atoms with Gasteiger partial charge in [0.15, 0.2) is 5.82 Å². The molecule has 1 N–H and O–H groups in total. The Kier molecular flexibility index (Phi) is 2.37. The van der Waals surface area contributed by atoms with Gasteiger partial charge in [0.05, 0.1) is 6.33 Å². The number of fused-ring (bicyclic) bond motifs is 1. The Bertz CT molecular complexity index is 623. The van der Waals surface area contributed by atoms with E-state index >= 15 is 0 Å². The molecule has 0 aliphatic carbocycles. The molecule has 2 aromatic rings. The molecule has 1 aromatic carbocycles. The summed E-state index contributed by atoms with van der Waals surface area (Å²) in [6, 6.07) is 8.07. The van der Waals surface area contributed by atoms with Crippen LogP contribution in [0.5, 0.6) is 0 Å². The van der Waals surface area contributed by atoms with Crippen molar-refractivity contribution in [2.75, 3.05) is 11.4 Å². The minimum Gasteiger partial charge on any atom is -0.324 e. The highest BCUT2D eigenvalue weighted by Gasteiger charge is 2.23. The van der Waals surface area contributed by atoms with E-state index in [1.807, 2.05) is 23.1 Å². The van der Waals surface area contributed by atoms with E-state index in [4.69, 9.17) is 11.6 Å². The standard InChI is InChI=1S/C12H10ClN3O/c13-10-11(14-7-15-12(10)17)16-6-5-8-3-1-2-4-9(8)16/h1-4,7H,5-6H2,(H,14,15,17). The van der Waals surface area contributed by atoms with Crippen LogP contribution in [-0.2, 0) is 6.42 Å². The summed E-state index contributed by atoms with van der Waals surface area (Å²) in [6.07, 6.45) is 2.32. The largest absolute Gasteiger partial charge is 0.324 e. The SMILES string of the molecule is O=c1[nH]cnc(N2CCc3ccccc32)c1Cl. The second-order valence-corrected chi connectivity index (χ2v) is 4.28. The molecule has 5 heteroatoms. The summed E-state index contributed by atoms with van der Waals surface area (Å²) < 4.78 is 0. The molecule has 0 spiro atoms.